The topological polar surface area (TPSA) is 59.3 Å². The Morgan fingerprint density at radius 3 is 2.44 bits per heavy atom. The van der Waals surface area contributed by atoms with Gasteiger partial charge in [-0.3, -0.25) is 4.79 Å². The van der Waals surface area contributed by atoms with E-state index in [1.807, 2.05) is 12.1 Å². The summed E-state index contributed by atoms with van der Waals surface area (Å²) in [5.41, 5.74) is 1.84. The van der Waals surface area contributed by atoms with Crippen molar-refractivity contribution < 1.29 is 14.3 Å². The zero-order valence-corrected chi connectivity index (χ0v) is 10.3. The first-order valence-electron chi connectivity index (χ1n) is 5.60. The van der Waals surface area contributed by atoms with Gasteiger partial charge in [0.2, 0.25) is 0 Å². The first kappa shape index (κ1) is 12.2. The second-order valence-corrected chi connectivity index (χ2v) is 3.96. The Kier molecular flexibility index (Phi) is 3.33. The molecule has 18 heavy (non-hydrogen) atoms. The molecular weight excluding hydrogens is 230 g/mol. The first-order chi connectivity index (χ1) is 8.71. The van der Waals surface area contributed by atoms with E-state index in [2.05, 4.69) is 0 Å². The molecule has 92 valence electrons. The highest BCUT2D eigenvalue weighted by molar-refractivity contribution is 6.04. The van der Waals surface area contributed by atoms with Crippen LogP contribution in [0.15, 0.2) is 17.7 Å². The molecule has 1 aromatic rings. The summed E-state index contributed by atoms with van der Waals surface area (Å²) in [6.07, 6.45) is 2.46. The molecule has 1 aromatic carbocycles. The smallest absolute Gasteiger partial charge is 0.173 e. The molecule has 0 N–H and O–H groups in total. The summed E-state index contributed by atoms with van der Waals surface area (Å²) >= 11 is 0. The van der Waals surface area contributed by atoms with E-state index in [9.17, 15) is 4.79 Å². The van der Waals surface area contributed by atoms with E-state index in [1.54, 1.807) is 26.4 Å². The number of rotatable bonds is 2. The van der Waals surface area contributed by atoms with Crippen LogP contribution < -0.4 is 9.47 Å². The SMILES string of the molecule is COc1ccc(OC)c2c1C=C(C#N)C(=O)CC2. The van der Waals surface area contributed by atoms with E-state index >= 15 is 0 Å². The highest BCUT2D eigenvalue weighted by Gasteiger charge is 2.21. The van der Waals surface area contributed by atoms with Crippen LogP contribution in [-0.4, -0.2) is 20.0 Å². The predicted molar refractivity (Wildman–Crippen MR) is 66.5 cm³/mol. The molecule has 0 heterocycles. The van der Waals surface area contributed by atoms with Crippen molar-refractivity contribution in [2.45, 2.75) is 12.8 Å². The van der Waals surface area contributed by atoms with Gasteiger partial charge in [-0.2, -0.15) is 5.26 Å². The minimum Gasteiger partial charge on any atom is -0.496 e. The van der Waals surface area contributed by atoms with Crippen molar-refractivity contribution in [3.05, 3.63) is 28.8 Å². The molecule has 0 aliphatic heterocycles. The monoisotopic (exact) mass is 243 g/mol. The number of methoxy groups -OCH3 is 2. The maximum Gasteiger partial charge on any atom is 0.173 e. The van der Waals surface area contributed by atoms with E-state index < -0.39 is 0 Å². The van der Waals surface area contributed by atoms with Gasteiger partial charge in [-0.05, 0) is 24.6 Å². The first-order valence-corrected chi connectivity index (χ1v) is 5.60. The number of ketones is 1. The van der Waals surface area contributed by atoms with Gasteiger partial charge < -0.3 is 9.47 Å². The van der Waals surface area contributed by atoms with Crippen molar-refractivity contribution in [3.8, 4) is 17.6 Å². The number of fused-ring (bicyclic) bond motifs is 1. The van der Waals surface area contributed by atoms with Crippen LogP contribution in [0.1, 0.15) is 17.5 Å². The normalized spacial score (nSPS) is 14.1. The van der Waals surface area contributed by atoms with Gasteiger partial charge >= 0.3 is 0 Å². The molecule has 0 bridgehead atoms. The van der Waals surface area contributed by atoms with Crippen LogP contribution in [0.3, 0.4) is 0 Å². The molecule has 0 atom stereocenters. The lowest BCUT2D eigenvalue weighted by molar-refractivity contribution is -0.115. The quantitative estimate of drug-likeness (QED) is 0.798. The number of benzene rings is 1. The number of allylic oxidation sites excluding steroid dienone is 1. The number of carbonyl (C=O) groups excluding carboxylic acids is 1. The summed E-state index contributed by atoms with van der Waals surface area (Å²) in [4.78, 5) is 11.7. The number of ether oxygens (including phenoxy) is 2. The highest BCUT2D eigenvalue weighted by Crippen LogP contribution is 2.35. The summed E-state index contributed by atoms with van der Waals surface area (Å²) in [5.74, 6) is 1.22. The molecule has 4 heteroatoms. The minimum absolute atomic E-state index is 0.141. The molecule has 0 fully saturated rings. The van der Waals surface area contributed by atoms with Gasteiger partial charge in [-0.25, -0.2) is 0 Å². The van der Waals surface area contributed by atoms with Crippen molar-refractivity contribution in [1.29, 1.82) is 5.26 Å². The predicted octanol–water partition coefficient (Wildman–Crippen LogP) is 2.13. The third-order valence-corrected chi connectivity index (χ3v) is 3.03. The van der Waals surface area contributed by atoms with Crippen LogP contribution in [0.4, 0.5) is 0 Å². The number of hydrogen-bond donors (Lipinski definition) is 0. The lowest BCUT2D eigenvalue weighted by Crippen LogP contribution is -2.00. The Morgan fingerprint density at radius 2 is 1.83 bits per heavy atom. The van der Waals surface area contributed by atoms with Crippen LogP contribution in [-0.2, 0) is 11.2 Å². The lowest BCUT2D eigenvalue weighted by atomic mass is 10.0. The maximum absolute atomic E-state index is 11.7. The van der Waals surface area contributed by atoms with E-state index in [-0.39, 0.29) is 11.4 Å². The van der Waals surface area contributed by atoms with Gasteiger partial charge in [0.05, 0.1) is 19.8 Å². The van der Waals surface area contributed by atoms with Crippen LogP contribution in [0, 0.1) is 11.3 Å². The molecule has 0 aromatic heterocycles. The molecule has 0 saturated heterocycles. The fourth-order valence-electron chi connectivity index (χ4n) is 2.10. The average molecular weight is 243 g/mol. The van der Waals surface area contributed by atoms with E-state index in [1.165, 1.54) is 0 Å². The zero-order valence-electron chi connectivity index (χ0n) is 10.3. The van der Waals surface area contributed by atoms with Crippen LogP contribution in [0.25, 0.3) is 6.08 Å². The molecule has 2 rings (SSSR count). The van der Waals surface area contributed by atoms with Crippen molar-refractivity contribution >= 4 is 11.9 Å². The Hall–Kier alpha value is -2.28. The molecule has 1 aliphatic rings. The zero-order chi connectivity index (χ0) is 13.1. The standard InChI is InChI=1S/C14H13NO3/c1-17-13-5-6-14(18-2)11-7-9(8-15)12(16)4-3-10(11)13/h5-7H,3-4H2,1-2H3. The summed E-state index contributed by atoms with van der Waals surface area (Å²) in [6, 6.07) is 5.53. The van der Waals surface area contributed by atoms with Crippen molar-refractivity contribution in [3.63, 3.8) is 0 Å². The van der Waals surface area contributed by atoms with Crippen molar-refractivity contribution in [2.75, 3.05) is 14.2 Å². The number of nitrogens with zero attached hydrogens (tertiary/aromatic N) is 1. The highest BCUT2D eigenvalue weighted by atomic mass is 16.5. The molecule has 0 spiro atoms. The number of nitriles is 1. The number of carbonyl (C=O) groups is 1. The van der Waals surface area contributed by atoms with Gasteiger partial charge in [0.1, 0.15) is 17.6 Å². The van der Waals surface area contributed by atoms with Crippen LogP contribution >= 0.6 is 0 Å². The summed E-state index contributed by atoms with van der Waals surface area (Å²) < 4.78 is 10.6. The van der Waals surface area contributed by atoms with Gasteiger partial charge in [-0.1, -0.05) is 0 Å². The second kappa shape index (κ2) is 4.92. The molecule has 0 unspecified atom stereocenters. The summed E-state index contributed by atoms with van der Waals surface area (Å²) in [7, 11) is 3.15. The van der Waals surface area contributed by atoms with E-state index in [0.717, 1.165) is 11.1 Å². The van der Waals surface area contributed by atoms with Crippen LogP contribution in [0.5, 0.6) is 11.5 Å². The molecular formula is C14H13NO3. The fraction of sp³-hybridized carbons (Fsp3) is 0.286. The Bertz CT molecular complexity index is 567. The van der Waals surface area contributed by atoms with Gasteiger partial charge in [-0.15, -0.1) is 0 Å². The minimum atomic E-state index is -0.141. The Morgan fingerprint density at radius 1 is 1.17 bits per heavy atom. The molecule has 0 radical (unpaired) electrons. The molecule has 0 amide bonds. The third-order valence-electron chi connectivity index (χ3n) is 3.03. The Labute approximate surface area is 105 Å². The van der Waals surface area contributed by atoms with Gasteiger partial charge in [0.15, 0.2) is 5.78 Å². The number of hydrogen-bond acceptors (Lipinski definition) is 4. The van der Waals surface area contributed by atoms with Crippen LogP contribution in [0.2, 0.25) is 0 Å². The molecule has 1 aliphatic carbocycles. The Balaban J connectivity index is 2.68. The summed E-state index contributed by atoms with van der Waals surface area (Å²) in [6.45, 7) is 0. The summed E-state index contributed by atoms with van der Waals surface area (Å²) in [5, 5.41) is 8.99. The van der Waals surface area contributed by atoms with Gasteiger partial charge in [0, 0.05) is 17.5 Å². The fourth-order valence-corrected chi connectivity index (χ4v) is 2.10. The van der Waals surface area contributed by atoms with Crippen molar-refractivity contribution in [1.82, 2.24) is 0 Å². The largest absolute Gasteiger partial charge is 0.496 e. The third kappa shape index (κ3) is 1.95. The molecule has 0 saturated carbocycles. The average Bonchev–Trinajstić information content (AvgIpc) is 2.57. The van der Waals surface area contributed by atoms with E-state index in [4.69, 9.17) is 14.7 Å². The second-order valence-electron chi connectivity index (χ2n) is 3.96. The van der Waals surface area contributed by atoms with E-state index in [0.29, 0.717) is 24.3 Å². The van der Waals surface area contributed by atoms with Gasteiger partial charge in [0.25, 0.3) is 0 Å². The number of Topliss-reactive ketones (excluding diaryl/α,β-unsaturated/α-hetero) is 1. The molecule has 4 nitrogen and oxygen atoms in total. The lowest BCUT2D eigenvalue weighted by Gasteiger charge is -2.13. The maximum atomic E-state index is 11.7. The van der Waals surface area contributed by atoms with Crippen molar-refractivity contribution in [2.24, 2.45) is 0 Å².